The first-order valence-electron chi connectivity index (χ1n) is 6.50. The van der Waals surface area contributed by atoms with E-state index in [1.54, 1.807) is 0 Å². The van der Waals surface area contributed by atoms with Crippen LogP contribution in [-0.2, 0) is 11.2 Å². The fourth-order valence-electron chi connectivity index (χ4n) is 2.33. The Balaban J connectivity index is 1.97. The average molecular weight is 311 g/mol. The third-order valence-corrected chi connectivity index (χ3v) is 3.81. The lowest BCUT2D eigenvalue weighted by atomic mass is 10.1. The molecule has 1 atom stereocenters. The van der Waals surface area contributed by atoms with Crippen LogP contribution in [0.1, 0.15) is 31.7 Å². The standard InChI is InChI=1S/C14H19BrN2O/c1-2-10-8-11(15)5-6-13(10)17-14(18)9-12-4-3-7-16-12/h5-6,8,12,16H,2-4,7,9H2,1H3,(H,17,18). The van der Waals surface area contributed by atoms with E-state index >= 15 is 0 Å². The highest BCUT2D eigenvalue weighted by Crippen LogP contribution is 2.22. The maximum Gasteiger partial charge on any atom is 0.225 e. The van der Waals surface area contributed by atoms with Crippen molar-refractivity contribution in [2.75, 3.05) is 11.9 Å². The zero-order valence-electron chi connectivity index (χ0n) is 10.6. The molecule has 0 bridgehead atoms. The van der Waals surface area contributed by atoms with Crippen LogP contribution in [0.15, 0.2) is 22.7 Å². The van der Waals surface area contributed by atoms with E-state index < -0.39 is 0 Å². The lowest BCUT2D eigenvalue weighted by Crippen LogP contribution is -2.27. The minimum absolute atomic E-state index is 0.103. The van der Waals surface area contributed by atoms with Crippen molar-refractivity contribution in [3.05, 3.63) is 28.2 Å². The van der Waals surface area contributed by atoms with E-state index in [2.05, 4.69) is 39.6 Å². The molecule has 1 saturated heterocycles. The van der Waals surface area contributed by atoms with E-state index in [1.165, 1.54) is 6.42 Å². The molecular formula is C14H19BrN2O. The van der Waals surface area contributed by atoms with Gasteiger partial charge in [-0.05, 0) is 49.6 Å². The van der Waals surface area contributed by atoms with Crippen LogP contribution in [0.3, 0.4) is 0 Å². The molecule has 18 heavy (non-hydrogen) atoms. The molecule has 0 aromatic heterocycles. The maximum absolute atomic E-state index is 12.0. The number of anilines is 1. The van der Waals surface area contributed by atoms with Crippen LogP contribution < -0.4 is 10.6 Å². The number of carbonyl (C=O) groups is 1. The van der Waals surface area contributed by atoms with Crippen molar-refractivity contribution in [3.8, 4) is 0 Å². The minimum atomic E-state index is 0.103. The monoisotopic (exact) mass is 310 g/mol. The van der Waals surface area contributed by atoms with Gasteiger partial charge < -0.3 is 10.6 Å². The molecule has 0 saturated carbocycles. The topological polar surface area (TPSA) is 41.1 Å². The summed E-state index contributed by atoms with van der Waals surface area (Å²) in [6.45, 7) is 3.13. The van der Waals surface area contributed by atoms with E-state index in [4.69, 9.17) is 0 Å². The predicted octanol–water partition coefficient (Wildman–Crippen LogP) is 3.09. The molecule has 1 heterocycles. The van der Waals surface area contributed by atoms with E-state index in [0.29, 0.717) is 12.5 Å². The number of carbonyl (C=O) groups excluding carboxylic acids is 1. The number of benzene rings is 1. The average Bonchev–Trinajstić information content (AvgIpc) is 2.84. The Kier molecular flexibility index (Phi) is 4.78. The molecule has 1 unspecified atom stereocenters. The first-order chi connectivity index (χ1) is 8.69. The Morgan fingerprint density at radius 3 is 3.06 bits per heavy atom. The second-order valence-electron chi connectivity index (χ2n) is 4.70. The lowest BCUT2D eigenvalue weighted by Gasteiger charge is -2.13. The van der Waals surface area contributed by atoms with Crippen molar-refractivity contribution in [3.63, 3.8) is 0 Å². The number of aryl methyl sites for hydroxylation is 1. The molecule has 4 heteroatoms. The normalized spacial score (nSPS) is 18.9. The number of hydrogen-bond donors (Lipinski definition) is 2. The van der Waals surface area contributed by atoms with Crippen LogP contribution in [0.5, 0.6) is 0 Å². The molecule has 1 fully saturated rings. The molecular weight excluding hydrogens is 292 g/mol. The van der Waals surface area contributed by atoms with Gasteiger partial charge in [0.05, 0.1) is 0 Å². The quantitative estimate of drug-likeness (QED) is 0.897. The Morgan fingerprint density at radius 2 is 2.39 bits per heavy atom. The molecule has 1 aliphatic rings. The van der Waals surface area contributed by atoms with Crippen LogP contribution in [-0.4, -0.2) is 18.5 Å². The maximum atomic E-state index is 12.0. The Hall–Kier alpha value is -0.870. The largest absolute Gasteiger partial charge is 0.326 e. The molecule has 1 aromatic rings. The fraction of sp³-hybridized carbons (Fsp3) is 0.500. The Morgan fingerprint density at radius 1 is 1.56 bits per heavy atom. The van der Waals surface area contributed by atoms with Gasteiger partial charge in [0, 0.05) is 22.6 Å². The number of hydrogen-bond acceptors (Lipinski definition) is 2. The molecule has 1 aromatic carbocycles. The summed E-state index contributed by atoms with van der Waals surface area (Å²) >= 11 is 3.45. The van der Waals surface area contributed by atoms with Gasteiger partial charge in [-0.1, -0.05) is 22.9 Å². The van der Waals surface area contributed by atoms with Gasteiger partial charge in [-0.3, -0.25) is 4.79 Å². The third-order valence-electron chi connectivity index (χ3n) is 3.32. The number of rotatable bonds is 4. The Bertz CT molecular complexity index is 428. The van der Waals surface area contributed by atoms with Crippen LogP contribution in [0.25, 0.3) is 0 Å². The smallest absolute Gasteiger partial charge is 0.225 e. The van der Waals surface area contributed by atoms with E-state index in [-0.39, 0.29) is 5.91 Å². The van der Waals surface area contributed by atoms with Gasteiger partial charge in [-0.15, -0.1) is 0 Å². The van der Waals surface area contributed by atoms with Crippen LogP contribution in [0.2, 0.25) is 0 Å². The van der Waals surface area contributed by atoms with Crippen molar-refractivity contribution in [2.45, 2.75) is 38.6 Å². The van der Waals surface area contributed by atoms with E-state index in [0.717, 1.165) is 35.1 Å². The highest BCUT2D eigenvalue weighted by atomic mass is 79.9. The van der Waals surface area contributed by atoms with E-state index in [1.807, 2.05) is 12.1 Å². The first kappa shape index (κ1) is 13.6. The summed E-state index contributed by atoms with van der Waals surface area (Å²) in [5.41, 5.74) is 2.10. The summed E-state index contributed by atoms with van der Waals surface area (Å²) in [7, 11) is 0. The third kappa shape index (κ3) is 3.56. The van der Waals surface area contributed by atoms with Crippen molar-refractivity contribution in [1.82, 2.24) is 5.32 Å². The summed E-state index contributed by atoms with van der Waals surface area (Å²) in [4.78, 5) is 12.0. The highest BCUT2D eigenvalue weighted by Gasteiger charge is 2.18. The summed E-state index contributed by atoms with van der Waals surface area (Å²) in [5.74, 6) is 0.103. The van der Waals surface area contributed by atoms with Crippen molar-refractivity contribution in [1.29, 1.82) is 0 Å². The molecule has 0 aliphatic carbocycles. The predicted molar refractivity (Wildman–Crippen MR) is 77.8 cm³/mol. The van der Waals surface area contributed by atoms with Crippen molar-refractivity contribution < 1.29 is 4.79 Å². The van der Waals surface area contributed by atoms with Gasteiger partial charge in [-0.2, -0.15) is 0 Å². The van der Waals surface area contributed by atoms with Crippen LogP contribution >= 0.6 is 15.9 Å². The molecule has 1 amide bonds. The summed E-state index contributed by atoms with van der Waals surface area (Å²) in [5, 5.41) is 6.36. The zero-order chi connectivity index (χ0) is 13.0. The second kappa shape index (κ2) is 6.34. The first-order valence-corrected chi connectivity index (χ1v) is 7.30. The molecule has 3 nitrogen and oxygen atoms in total. The molecule has 1 aliphatic heterocycles. The fourth-order valence-corrected chi connectivity index (χ4v) is 2.74. The second-order valence-corrected chi connectivity index (χ2v) is 5.62. The van der Waals surface area contributed by atoms with Gasteiger partial charge in [0.25, 0.3) is 0 Å². The zero-order valence-corrected chi connectivity index (χ0v) is 12.2. The molecule has 98 valence electrons. The summed E-state index contributed by atoms with van der Waals surface area (Å²) < 4.78 is 1.05. The SMILES string of the molecule is CCc1cc(Br)ccc1NC(=O)CC1CCCN1. The van der Waals surface area contributed by atoms with Crippen LogP contribution in [0, 0.1) is 0 Å². The molecule has 2 N–H and O–H groups in total. The van der Waals surface area contributed by atoms with Gasteiger partial charge in [0.2, 0.25) is 5.91 Å². The lowest BCUT2D eigenvalue weighted by molar-refractivity contribution is -0.116. The number of nitrogens with one attached hydrogen (secondary N) is 2. The van der Waals surface area contributed by atoms with Gasteiger partial charge in [-0.25, -0.2) is 0 Å². The number of amides is 1. The Labute approximate surface area is 116 Å². The van der Waals surface area contributed by atoms with Gasteiger partial charge >= 0.3 is 0 Å². The molecule has 0 spiro atoms. The molecule has 2 rings (SSSR count). The number of halogens is 1. The summed E-state index contributed by atoms with van der Waals surface area (Å²) in [6, 6.07) is 6.33. The van der Waals surface area contributed by atoms with Crippen molar-refractivity contribution in [2.24, 2.45) is 0 Å². The summed E-state index contributed by atoms with van der Waals surface area (Å²) in [6.07, 6.45) is 3.76. The van der Waals surface area contributed by atoms with Gasteiger partial charge in [0.1, 0.15) is 0 Å². The molecule has 0 radical (unpaired) electrons. The van der Waals surface area contributed by atoms with Gasteiger partial charge in [0.15, 0.2) is 0 Å². The van der Waals surface area contributed by atoms with E-state index in [9.17, 15) is 4.79 Å². The highest BCUT2D eigenvalue weighted by molar-refractivity contribution is 9.10. The van der Waals surface area contributed by atoms with Crippen molar-refractivity contribution >= 4 is 27.5 Å². The van der Waals surface area contributed by atoms with Crippen LogP contribution in [0.4, 0.5) is 5.69 Å². The minimum Gasteiger partial charge on any atom is -0.326 e.